The Bertz CT molecular complexity index is 1390. The molecule has 188 valence electrons. The lowest BCUT2D eigenvalue weighted by atomic mass is 10.2. The van der Waals surface area contributed by atoms with Gasteiger partial charge in [0.05, 0.1) is 28.4 Å². The molecule has 1 heterocycles. The number of ether oxygens (including phenoxy) is 3. The monoisotopic (exact) mass is 514 g/mol. The van der Waals surface area contributed by atoms with Gasteiger partial charge in [0, 0.05) is 6.07 Å². The first-order chi connectivity index (χ1) is 17.3. The number of carbonyl (C=O) groups is 2. The summed E-state index contributed by atoms with van der Waals surface area (Å²) in [5, 5.41) is 2.55. The van der Waals surface area contributed by atoms with E-state index in [1.54, 1.807) is 19.1 Å². The second-order valence-corrected chi connectivity index (χ2v) is 9.47. The van der Waals surface area contributed by atoms with E-state index < -0.39 is 34.3 Å². The molecule has 4 rings (SSSR count). The highest BCUT2D eigenvalue weighted by molar-refractivity contribution is 7.92. The quantitative estimate of drug-likeness (QED) is 0.457. The Morgan fingerprint density at radius 1 is 1.00 bits per heavy atom. The predicted octanol–water partition coefficient (Wildman–Crippen LogP) is 3.61. The van der Waals surface area contributed by atoms with Crippen LogP contribution in [0.15, 0.2) is 71.6 Å². The van der Waals surface area contributed by atoms with Gasteiger partial charge in [-0.15, -0.1) is 0 Å². The van der Waals surface area contributed by atoms with Crippen LogP contribution in [0.1, 0.15) is 17.3 Å². The summed E-state index contributed by atoms with van der Waals surface area (Å²) in [5.74, 6) is -1.43. The Kier molecular flexibility index (Phi) is 7.39. The molecule has 1 amide bonds. The number of para-hydroxylation sites is 1. The number of benzene rings is 3. The van der Waals surface area contributed by atoms with Gasteiger partial charge in [-0.3, -0.25) is 9.10 Å². The zero-order valence-corrected chi connectivity index (χ0v) is 20.1. The number of fused-ring (bicyclic) bond motifs is 1. The largest absolute Gasteiger partial charge is 0.486 e. The number of esters is 1. The molecular weight excluding hydrogens is 491 g/mol. The van der Waals surface area contributed by atoms with Gasteiger partial charge >= 0.3 is 5.97 Å². The third kappa shape index (κ3) is 5.41. The number of carbonyl (C=O) groups excluding carboxylic acids is 2. The minimum atomic E-state index is -4.35. The molecule has 11 heteroatoms. The van der Waals surface area contributed by atoms with Gasteiger partial charge in [-0.1, -0.05) is 18.2 Å². The molecular formula is C25H23FN2O7S. The average molecular weight is 515 g/mol. The van der Waals surface area contributed by atoms with Crippen molar-refractivity contribution in [1.29, 1.82) is 0 Å². The van der Waals surface area contributed by atoms with Gasteiger partial charge in [-0.25, -0.2) is 17.6 Å². The Morgan fingerprint density at radius 2 is 1.75 bits per heavy atom. The molecule has 3 aromatic carbocycles. The maximum absolute atomic E-state index is 14.0. The fraction of sp³-hybridized carbons (Fsp3) is 0.200. The first-order valence-electron chi connectivity index (χ1n) is 11.0. The lowest BCUT2D eigenvalue weighted by molar-refractivity contribution is -0.114. The highest BCUT2D eigenvalue weighted by Crippen LogP contribution is 2.34. The summed E-state index contributed by atoms with van der Waals surface area (Å²) in [6.07, 6.45) is 0. The number of anilines is 2. The van der Waals surface area contributed by atoms with E-state index >= 15 is 0 Å². The molecule has 0 atom stereocenters. The van der Waals surface area contributed by atoms with Crippen LogP contribution in [0.25, 0.3) is 0 Å². The normalized spacial score (nSPS) is 12.5. The number of amides is 1. The summed E-state index contributed by atoms with van der Waals surface area (Å²) >= 11 is 0. The molecule has 0 unspecified atom stereocenters. The Labute approximate surface area is 207 Å². The summed E-state index contributed by atoms with van der Waals surface area (Å²) in [7, 11) is -4.35. The number of halogens is 1. The molecule has 0 fully saturated rings. The first kappa shape index (κ1) is 25.0. The van der Waals surface area contributed by atoms with Crippen LogP contribution in [0.3, 0.4) is 0 Å². The van der Waals surface area contributed by atoms with Crippen LogP contribution in [0, 0.1) is 5.82 Å². The van der Waals surface area contributed by atoms with Crippen molar-refractivity contribution in [2.45, 2.75) is 11.8 Å². The van der Waals surface area contributed by atoms with Crippen molar-refractivity contribution in [2.75, 3.05) is 36.0 Å². The number of nitrogens with zero attached hydrogens (tertiary/aromatic N) is 1. The van der Waals surface area contributed by atoms with E-state index in [1.165, 1.54) is 42.5 Å². The SMILES string of the molecule is CCOC(=O)c1ccccc1NC(=O)CN(c1cccc(F)c1)S(=O)(=O)c1ccc2c(c1)OCCO2. The Hall–Kier alpha value is -4.12. The van der Waals surface area contributed by atoms with Crippen LogP contribution >= 0.6 is 0 Å². The zero-order valence-electron chi connectivity index (χ0n) is 19.3. The fourth-order valence-corrected chi connectivity index (χ4v) is 4.99. The summed E-state index contributed by atoms with van der Waals surface area (Å²) < 4.78 is 58.0. The van der Waals surface area contributed by atoms with Gasteiger partial charge in [0.1, 0.15) is 25.6 Å². The van der Waals surface area contributed by atoms with Crippen LogP contribution in [0.4, 0.5) is 15.8 Å². The van der Waals surface area contributed by atoms with Gasteiger partial charge < -0.3 is 19.5 Å². The second-order valence-electron chi connectivity index (χ2n) is 7.61. The standard InChI is InChI=1S/C25H23FN2O7S/c1-2-33-25(30)20-8-3-4-9-21(20)27-24(29)16-28(18-7-5-6-17(26)14-18)36(31,32)19-10-11-22-23(15-19)35-13-12-34-22/h3-11,14-15H,2,12-13,16H2,1H3,(H,27,29). The van der Waals surface area contributed by atoms with E-state index in [0.717, 1.165) is 16.4 Å². The van der Waals surface area contributed by atoms with Gasteiger partial charge in [-0.2, -0.15) is 0 Å². The van der Waals surface area contributed by atoms with Gasteiger partial charge in [0.25, 0.3) is 10.0 Å². The number of nitrogens with one attached hydrogen (secondary N) is 1. The molecule has 1 N–H and O–H groups in total. The van der Waals surface area contributed by atoms with E-state index in [0.29, 0.717) is 12.4 Å². The van der Waals surface area contributed by atoms with E-state index in [1.807, 2.05) is 0 Å². The average Bonchev–Trinajstić information content (AvgIpc) is 2.87. The number of sulfonamides is 1. The van der Waals surface area contributed by atoms with Crippen molar-refractivity contribution in [2.24, 2.45) is 0 Å². The summed E-state index contributed by atoms with van der Waals surface area (Å²) in [5.41, 5.74) is 0.204. The van der Waals surface area contributed by atoms with Crippen LogP contribution < -0.4 is 19.1 Å². The van der Waals surface area contributed by atoms with Crippen molar-refractivity contribution >= 4 is 33.3 Å². The highest BCUT2D eigenvalue weighted by Gasteiger charge is 2.29. The molecule has 0 radical (unpaired) electrons. The maximum atomic E-state index is 14.0. The predicted molar refractivity (Wildman–Crippen MR) is 129 cm³/mol. The van der Waals surface area contributed by atoms with Crippen molar-refractivity contribution in [3.05, 3.63) is 78.1 Å². The maximum Gasteiger partial charge on any atom is 0.340 e. The lowest BCUT2D eigenvalue weighted by Gasteiger charge is -2.25. The number of hydrogen-bond donors (Lipinski definition) is 1. The molecule has 1 aliphatic rings. The van der Waals surface area contributed by atoms with E-state index in [2.05, 4.69) is 5.32 Å². The topological polar surface area (TPSA) is 111 Å². The Morgan fingerprint density at radius 3 is 2.50 bits per heavy atom. The zero-order chi connectivity index (χ0) is 25.7. The summed E-state index contributed by atoms with van der Waals surface area (Å²) in [6, 6.07) is 15.1. The van der Waals surface area contributed by atoms with Crippen LogP contribution in [0.2, 0.25) is 0 Å². The van der Waals surface area contributed by atoms with Crippen molar-refractivity contribution in [1.82, 2.24) is 0 Å². The molecule has 0 saturated heterocycles. The van der Waals surface area contributed by atoms with Crippen molar-refractivity contribution < 1.29 is 36.6 Å². The summed E-state index contributed by atoms with van der Waals surface area (Å²) in [6.45, 7) is 1.69. The molecule has 9 nitrogen and oxygen atoms in total. The van der Waals surface area contributed by atoms with Crippen LogP contribution in [-0.2, 0) is 19.6 Å². The van der Waals surface area contributed by atoms with E-state index in [-0.39, 0.29) is 40.8 Å². The minimum absolute atomic E-state index is 0.0567. The molecule has 0 aliphatic carbocycles. The smallest absolute Gasteiger partial charge is 0.340 e. The molecule has 1 aliphatic heterocycles. The van der Waals surface area contributed by atoms with E-state index in [9.17, 15) is 22.4 Å². The fourth-order valence-electron chi connectivity index (χ4n) is 3.56. The lowest BCUT2D eigenvalue weighted by Crippen LogP contribution is -2.38. The third-order valence-corrected chi connectivity index (χ3v) is 6.95. The number of hydrogen-bond acceptors (Lipinski definition) is 7. The second kappa shape index (κ2) is 10.6. The van der Waals surface area contributed by atoms with Crippen LogP contribution in [0.5, 0.6) is 11.5 Å². The Balaban J connectivity index is 1.66. The number of rotatable bonds is 8. The molecule has 36 heavy (non-hydrogen) atoms. The minimum Gasteiger partial charge on any atom is -0.486 e. The van der Waals surface area contributed by atoms with Crippen LogP contribution in [-0.4, -0.2) is 46.7 Å². The van der Waals surface area contributed by atoms with Gasteiger partial charge in [-0.05, 0) is 49.4 Å². The summed E-state index contributed by atoms with van der Waals surface area (Å²) in [4.78, 5) is 25.1. The van der Waals surface area contributed by atoms with Crippen molar-refractivity contribution in [3.63, 3.8) is 0 Å². The third-order valence-electron chi connectivity index (χ3n) is 5.18. The molecule has 0 spiro atoms. The molecule has 0 saturated carbocycles. The highest BCUT2D eigenvalue weighted by atomic mass is 32.2. The van der Waals surface area contributed by atoms with E-state index in [4.69, 9.17) is 14.2 Å². The first-order valence-corrected chi connectivity index (χ1v) is 12.5. The molecule has 0 aromatic heterocycles. The van der Waals surface area contributed by atoms with Gasteiger partial charge in [0.15, 0.2) is 11.5 Å². The van der Waals surface area contributed by atoms with Crippen molar-refractivity contribution in [3.8, 4) is 11.5 Å². The molecule has 0 bridgehead atoms. The molecule has 3 aromatic rings. The van der Waals surface area contributed by atoms with Gasteiger partial charge in [0.2, 0.25) is 5.91 Å².